The highest BCUT2D eigenvalue weighted by molar-refractivity contribution is 5.80. The van der Waals surface area contributed by atoms with Crippen LogP contribution in [0.2, 0.25) is 0 Å². The van der Waals surface area contributed by atoms with Gasteiger partial charge in [-0.1, -0.05) is 12.1 Å². The monoisotopic (exact) mass is 289 g/mol. The fraction of sp³-hybridized carbons (Fsp3) is 0.562. The molecule has 5 nitrogen and oxygen atoms in total. The van der Waals surface area contributed by atoms with Crippen LogP contribution in [0.5, 0.6) is 0 Å². The van der Waals surface area contributed by atoms with Gasteiger partial charge in [-0.25, -0.2) is 0 Å². The molecule has 0 aliphatic carbocycles. The zero-order valence-corrected chi connectivity index (χ0v) is 12.5. The van der Waals surface area contributed by atoms with Crippen molar-refractivity contribution in [1.29, 1.82) is 0 Å². The maximum absolute atomic E-state index is 12.1. The molecule has 0 radical (unpaired) electrons. The Morgan fingerprint density at radius 3 is 2.52 bits per heavy atom. The summed E-state index contributed by atoms with van der Waals surface area (Å²) in [5.74, 6) is 0.411. The second kappa shape index (κ2) is 6.45. The first-order chi connectivity index (χ1) is 10.2. The number of carbonyl (C=O) groups excluding carboxylic acids is 1. The lowest BCUT2D eigenvalue weighted by Crippen LogP contribution is -2.50. The van der Waals surface area contributed by atoms with Gasteiger partial charge in [0.05, 0.1) is 19.1 Å². The van der Waals surface area contributed by atoms with Gasteiger partial charge in [-0.2, -0.15) is 0 Å². The molecule has 1 amide bonds. The van der Waals surface area contributed by atoms with E-state index in [1.54, 1.807) is 0 Å². The molecule has 0 saturated carbocycles. The number of benzene rings is 1. The molecular weight excluding hydrogens is 266 g/mol. The summed E-state index contributed by atoms with van der Waals surface area (Å²) in [6, 6.07) is 8.52. The van der Waals surface area contributed by atoms with Crippen LogP contribution >= 0.6 is 0 Å². The van der Waals surface area contributed by atoms with Gasteiger partial charge in [0.25, 0.3) is 0 Å². The van der Waals surface area contributed by atoms with E-state index in [0.717, 1.165) is 39.4 Å². The molecule has 114 valence electrons. The lowest BCUT2D eigenvalue weighted by molar-refractivity contribution is -0.136. The average molecular weight is 289 g/mol. The highest BCUT2D eigenvalue weighted by Crippen LogP contribution is 2.18. The molecule has 1 N–H and O–H groups in total. The largest absolute Gasteiger partial charge is 0.378 e. The summed E-state index contributed by atoms with van der Waals surface area (Å²) < 4.78 is 5.37. The van der Waals surface area contributed by atoms with Crippen LogP contribution in [0.4, 0.5) is 5.69 Å². The van der Waals surface area contributed by atoms with Crippen molar-refractivity contribution < 1.29 is 9.53 Å². The van der Waals surface area contributed by atoms with Gasteiger partial charge in [-0.15, -0.1) is 0 Å². The summed E-state index contributed by atoms with van der Waals surface area (Å²) in [6.45, 7) is 5.82. The molecule has 2 aliphatic rings. The van der Waals surface area contributed by atoms with Crippen LogP contribution in [0.1, 0.15) is 5.56 Å². The molecule has 5 heteroatoms. The van der Waals surface area contributed by atoms with Crippen LogP contribution in [0.3, 0.4) is 0 Å². The van der Waals surface area contributed by atoms with Gasteiger partial charge >= 0.3 is 0 Å². The average Bonchev–Trinajstić information content (AvgIpc) is 2.47. The zero-order chi connectivity index (χ0) is 14.7. The molecule has 0 atom stereocenters. The number of anilines is 1. The topological polar surface area (TPSA) is 44.8 Å². The predicted molar refractivity (Wildman–Crippen MR) is 82.3 cm³/mol. The second-order valence-corrected chi connectivity index (χ2v) is 5.82. The van der Waals surface area contributed by atoms with Crippen LogP contribution in [0.15, 0.2) is 24.3 Å². The SMILES string of the molecule is CN(Cc1ccc(N2CCOCC2)cc1)C(=O)C1CNC1. The van der Waals surface area contributed by atoms with Crippen LogP contribution < -0.4 is 10.2 Å². The van der Waals surface area contributed by atoms with Crippen molar-refractivity contribution >= 4 is 11.6 Å². The normalized spacial score (nSPS) is 19.2. The molecule has 1 aromatic rings. The van der Waals surface area contributed by atoms with Gasteiger partial charge in [0.2, 0.25) is 5.91 Å². The third kappa shape index (κ3) is 3.36. The zero-order valence-electron chi connectivity index (χ0n) is 12.5. The second-order valence-electron chi connectivity index (χ2n) is 5.82. The maximum atomic E-state index is 12.1. The first-order valence-electron chi connectivity index (χ1n) is 7.61. The number of amides is 1. The van der Waals surface area contributed by atoms with Crippen molar-refractivity contribution in [3.05, 3.63) is 29.8 Å². The Kier molecular flexibility index (Phi) is 4.41. The summed E-state index contributed by atoms with van der Waals surface area (Å²) in [5.41, 5.74) is 2.41. The Labute approximate surface area is 125 Å². The number of nitrogens with one attached hydrogen (secondary N) is 1. The number of rotatable bonds is 4. The van der Waals surface area contributed by atoms with Crippen molar-refractivity contribution in [3.63, 3.8) is 0 Å². The Morgan fingerprint density at radius 2 is 1.95 bits per heavy atom. The first kappa shape index (κ1) is 14.4. The van der Waals surface area contributed by atoms with Crippen molar-refractivity contribution in [2.75, 3.05) is 51.3 Å². The molecule has 2 saturated heterocycles. The summed E-state index contributed by atoms with van der Waals surface area (Å²) in [6.07, 6.45) is 0. The Bertz CT molecular complexity index is 479. The van der Waals surface area contributed by atoms with E-state index >= 15 is 0 Å². The molecule has 0 aromatic heterocycles. The Morgan fingerprint density at radius 1 is 1.29 bits per heavy atom. The number of morpholine rings is 1. The molecule has 0 bridgehead atoms. The van der Waals surface area contributed by atoms with Crippen molar-refractivity contribution in [2.24, 2.45) is 5.92 Å². The highest BCUT2D eigenvalue weighted by Gasteiger charge is 2.27. The third-order valence-electron chi connectivity index (χ3n) is 4.24. The molecule has 3 rings (SSSR count). The van der Waals surface area contributed by atoms with Crippen LogP contribution in [0, 0.1) is 5.92 Å². The minimum absolute atomic E-state index is 0.169. The van der Waals surface area contributed by atoms with Crippen LogP contribution in [-0.4, -0.2) is 57.2 Å². The highest BCUT2D eigenvalue weighted by atomic mass is 16.5. The van der Waals surface area contributed by atoms with Gasteiger partial charge in [0, 0.05) is 45.5 Å². The fourth-order valence-corrected chi connectivity index (χ4v) is 2.76. The van der Waals surface area contributed by atoms with Gasteiger partial charge in [0.15, 0.2) is 0 Å². The van der Waals surface area contributed by atoms with Crippen molar-refractivity contribution in [3.8, 4) is 0 Å². The lowest BCUT2D eigenvalue weighted by Gasteiger charge is -2.31. The molecular formula is C16H23N3O2. The number of ether oxygens (including phenoxy) is 1. The summed E-state index contributed by atoms with van der Waals surface area (Å²) in [4.78, 5) is 16.3. The van der Waals surface area contributed by atoms with E-state index in [9.17, 15) is 4.79 Å². The number of hydrogen-bond donors (Lipinski definition) is 1. The number of carbonyl (C=O) groups is 1. The van der Waals surface area contributed by atoms with Gasteiger partial charge in [-0.05, 0) is 17.7 Å². The van der Waals surface area contributed by atoms with E-state index in [1.807, 2.05) is 11.9 Å². The quantitative estimate of drug-likeness (QED) is 0.886. The van der Waals surface area contributed by atoms with E-state index in [0.29, 0.717) is 6.54 Å². The number of hydrogen-bond acceptors (Lipinski definition) is 4. The minimum Gasteiger partial charge on any atom is -0.378 e. The predicted octanol–water partition coefficient (Wildman–Crippen LogP) is 0.701. The molecule has 2 heterocycles. The minimum atomic E-state index is 0.169. The van der Waals surface area contributed by atoms with E-state index < -0.39 is 0 Å². The van der Waals surface area contributed by atoms with Crippen molar-refractivity contribution in [1.82, 2.24) is 10.2 Å². The molecule has 1 aromatic carbocycles. The molecule has 21 heavy (non-hydrogen) atoms. The third-order valence-corrected chi connectivity index (χ3v) is 4.24. The van der Waals surface area contributed by atoms with E-state index in [2.05, 4.69) is 34.5 Å². The van der Waals surface area contributed by atoms with Crippen molar-refractivity contribution in [2.45, 2.75) is 6.54 Å². The first-order valence-corrected chi connectivity index (χ1v) is 7.61. The lowest BCUT2D eigenvalue weighted by atomic mass is 10.0. The van der Waals surface area contributed by atoms with Gasteiger partial charge < -0.3 is 19.9 Å². The summed E-state index contributed by atoms with van der Waals surface area (Å²) in [7, 11) is 1.89. The molecule has 2 fully saturated rings. The standard InChI is InChI=1S/C16H23N3O2/c1-18(16(20)14-10-17-11-14)12-13-2-4-15(5-3-13)19-6-8-21-9-7-19/h2-5,14,17H,6-12H2,1H3. The van der Waals surface area contributed by atoms with Crippen LogP contribution in [-0.2, 0) is 16.1 Å². The molecule has 0 unspecified atom stereocenters. The van der Waals surface area contributed by atoms with Gasteiger partial charge in [-0.3, -0.25) is 4.79 Å². The van der Waals surface area contributed by atoms with E-state index in [-0.39, 0.29) is 11.8 Å². The van der Waals surface area contributed by atoms with E-state index in [1.165, 1.54) is 11.3 Å². The van der Waals surface area contributed by atoms with Crippen LogP contribution in [0.25, 0.3) is 0 Å². The Balaban J connectivity index is 1.57. The smallest absolute Gasteiger partial charge is 0.228 e. The maximum Gasteiger partial charge on any atom is 0.228 e. The van der Waals surface area contributed by atoms with Gasteiger partial charge in [0.1, 0.15) is 0 Å². The molecule has 0 spiro atoms. The fourth-order valence-electron chi connectivity index (χ4n) is 2.76. The Hall–Kier alpha value is -1.59. The summed E-state index contributed by atoms with van der Waals surface area (Å²) >= 11 is 0. The number of nitrogens with zero attached hydrogens (tertiary/aromatic N) is 2. The molecule has 2 aliphatic heterocycles. The summed E-state index contributed by atoms with van der Waals surface area (Å²) in [5, 5.41) is 3.14. The van der Waals surface area contributed by atoms with E-state index in [4.69, 9.17) is 4.74 Å².